The van der Waals surface area contributed by atoms with Crippen LogP contribution >= 0.6 is 0 Å². The molecule has 0 spiro atoms. The molecule has 0 aliphatic rings. The highest BCUT2D eigenvalue weighted by Crippen LogP contribution is 2.08. The fourth-order valence-corrected chi connectivity index (χ4v) is 1.74. The molecule has 0 bridgehead atoms. The average Bonchev–Trinajstić information content (AvgIpc) is 2.40. The minimum Gasteiger partial charge on any atom is -0.353 e. The fraction of sp³-hybridized carbons (Fsp3) is 0.643. The van der Waals surface area contributed by atoms with E-state index in [2.05, 4.69) is 17.2 Å². The molecule has 0 amide bonds. The minimum atomic E-state index is -0.108. The van der Waals surface area contributed by atoms with Gasteiger partial charge in [-0.3, -0.25) is 4.98 Å². The molecule has 0 saturated carbocycles. The molecular formula is C14H24N2O2. The lowest BCUT2D eigenvalue weighted by Gasteiger charge is -2.19. The minimum absolute atomic E-state index is 0.108. The Labute approximate surface area is 110 Å². The Bertz CT molecular complexity index is 300. The Kier molecular flexibility index (Phi) is 7.57. The molecule has 4 heteroatoms. The Balaban J connectivity index is 2.27. The van der Waals surface area contributed by atoms with Crippen LogP contribution in [-0.4, -0.2) is 31.0 Å². The van der Waals surface area contributed by atoms with E-state index in [-0.39, 0.29) is 12.3 Å². The van der Waals surface area contributed by atoms with Gasteiger partial charge >= 0.3 is 0 Å². The molecule has 1 aromatic heterocycles. The summed E-state index contributed by atoms with van der Waals surface area (Å²) < 4.78 is 11.0. The summed E-state index contributed by atoms with van der Waals surface area (Å²) in [7, 11) is 0. The van der Waals surface area contributed by atoms with Crippen molar-refractivity contribution in [1.82, 2.24) is 10.3 Å². The van der Waals surface area contributed by atoms with E-state index in [9.17, 15) is 0 Å². The SMILES string of the molecule is CCOC(CCN[C@@H](C)c1ccccn1)OCC. The fourth-order valence-electron chi connectivity index (χ4n) is 1.74. The molecule has 4 nitrogen and oxygen atoms in total. The molecule has 1 heterocycles. The molecule has 18 heavy (non-hydrogen) atoms. The predicted molar refractivity (Wildman–Crippen MR) is 72.3 cm³/mol. The van der Waals surface area contributed by atoms with Crippen molar-refractivity contribution in [2.75, 3.05) is 19.8 Å². The monoisotopic (exact) mass is 252 g/mol. The molecule has 0 fully saturated rings. The van der Waals surface area contributed by atoms with Crippen LogP contribution in [0.2, 0.25) is 0 Å². The largest absolute Gasteiger partial charge is 0.353 e. The molecule has 102 valence electrons. The van der Waals surface area contributed by atoms with Gasteiger partial charge in [-0.1, -0.05) is 6.07 Å². The molecule has 0 unspecified atom stereocenters. The van der Waals surface area contributed by atoms with Gasteiger partial charge in [0.1, 0.15) is 0 Å². The molecule has 0 aliphatic carbocycles. The Morgan fingerprint density at radius 3 is 2.50 bits per heavy atom. The third kappa shape index (κ3) is 5.58. The molecule has 0 aromatic carbocycles. The summed E-state index contributed by atoms with van der Waals surface area (Å²) in [5.41, 5.74) is 1.06. The summed E-state index contributed by atoms with van der Waals surface area (Å²) in [6.45, 7) is 8.29. The summed E-state index contributed by atoms with van der Waals surface area (Å²) in [5, 5.41) is 3.42. The standard InChI is InChI=1S/C14H24N2O2/c1-4-17-14(18-5-2)9-11-15-12(3)13-8-6-7-10-16-13/h6-8,10,12,14-15H,4-5,9,11H2,1-3H3/t12-/m0/s1. The lowest BCUT2D eigenvalue weighted by Crippen LogP contribution is -2.27. The number of pyridine rings is 1. The van der Waals surface area contributed by atoms with Gasteiger partial charge in [0.25, 0.3) is 0 Å². The van der Waals surface area contributed by atoms with E-state index in [1.54, 1.807) is 0 Å². The van der Waals surface area contributed by atoms with Crippen LogP contribution in [0.5, 0.6) is 0 Å². The molecule has 1 atom stereocenters. The Morgan fingerprint density at radius 2 is 1.94 bits per heavy atom. The van der Waals surface area contributed by atoms with Crippen molar-refractivity contribution in [3.05, 3.63) is 30.1 Å². The highest BCUT2D eigenvalue weighted by Gasteiger charge is 2.09. The van der Waals surface area contributed by atoms with Crippen molar-refractivity contribution < 1.29 is 9.47 Å². The van der Waals surface area contributed by atoms with Crippen LogP contribution in [0.4, 0.5) is 0 Å². The van der Waals surface area contributed by atoms with E-state index in [1.165, 1.54) is 0 Å². The van der Waals surface area contributed by atoms with E-state index in [4.69, 9.17) is 9.47 Å². The Morgan fingerprint density at radius 1 is 1.22 bits per heavy atom. The zero-order valence-corrected chi connectivity index (χ0v) is 11.6. The number of rotatable bonds is 9. The molecule has 1 N–H and O–H groups in total. The van der Waals surface area contributed by atoms with Gasteiger partial charge in [-0.05, 0) is 32.9 Å². The summed E-state index contributed by atoms with van der Waals surface area (Å²) in [5.74, 6) is 0. The molecule has 0 aliphatic heterocycles. The van der Waals surface area contributed by atoms with Gasteiger partial charge in [-0.25, -0.2) is 0 Å². The van der Waals surface area contributed by atoms with Gasteiger partial charge in [0.05, 0.1) is 5.69 Å². The van der Waals surface area contributed by atoms with Crippen molar-refractivity contribution >= 4 is 0 Å². The van der Waals surface area contributed by atoms with Gasteiger partial charge in [-0.15, -0.1) is 0 Å². The number of aromatic nitrogens is 1. The first-order valence-electron chi connectivity index (χ1n) is 6.65. The van der Waals surface area contributed by atoms with Crippen LogP contribution in [0.15, 0.2) is 24.4 Å². The number of nitrogens with one attached hydrogen (secondary N) is 1. The van der Waals surface area contributed by atoms with Crippen LogP contribution < -0.4 is 5.32 Å². The van der Waals surface area contributed by atoms with Gasteiger partial charge in [-0.2, -0.15) is 0 Å². The first-order chi connectivity index (χ1) is 8.77. The Hall–Kier alpha value is -0.970. The van der Waals surface area contributed by atoms with Crippen molar-refractivity contribution in [2.24, 2.45) is 0 Å². The first kappa shape index (κ1) is 15.1. The lowest BCUT2D eigenvalue weighted by molar-refractivity contribution is -0.138. The van der Waals surface area contributed by atoms with E-state index in [0.29, 0.717) is 13.2 Å². The maximum atomic E-state index is 5.49. The predicted octanol–water partition coefficient (Wildman–Crippen LogP) is 2.52. The van der Waals surface area contributed by atoms with Crippen molar-refractivity contribution in [3.8, 4) is 0 Å². The van der Waals surface area contributed by atoms with E-state index < -0.39 is 0 Å². The highest BCUT2D eigenvalue weighted by molar-refractivity contribution is 5.07. The summed E-state index contributed by atoms with van der Waals surface area (Å²) >= 11 is 0. The van der Waals surface area contributed by atoms with Crippen molar-refractivity contribution in [3.63, 3.8) is 0 Å². The third-order valence-corrected chi connectivity index (χ3v) is 2.67. The number of ether oxygens (including phenoxy) is 2. The number of hydrogen-bond donors (Lipinski definition) is 1. The van der Waals surface area contributed by atoms with Gasteiger partial charge in [0.15, 0.2) is 6.29 Å². The molecule has 1 rings (SSSR count). The molecule has 0 saturated heterocycles. The zero-order chi connectivity index (χ0) is 13.2. The summed E-state index contributed by atoms with van der Waals surface area (Å²) in [6, 6.07) is 6.20. The van der Waals surface area contributed by atoms with E-state index in [0.717, 1.165) is 18.7 Å². The second-order valence-corrected chi connectivity index (χ2v) is 4.06. The second-order valence-electron chi connectivity index (χ2n) is 4.06. The summed E-state index contributed by atoms with van der Waals surface area (Å²) in [4.78, 5) is 4.32. The number of nitrogens with zero attached hydrogens (tertiary/aromatic N) is 1. The van der Waals surface area contributed by atoms with Crippen LogP contribution in [0.3, 0.4) is 0 Å². The van der Waals surface area contributed by atoms with Gasteiger partial charge in [0, 0.05) is 38.4 Å². The summed E-state index contributed by atoms with van der Waals surface area (Å²) in [6.07, 6.45) is 2.55. The average molecular weight is 252 g/mol. The van der Waals surface area contributed by atoms with E-state index in [1.807, 2.05) is 38.2 Å². The number of hydrogen-bond acceptors (Lipinski definition) is 4. The third-order valence-electron chi connectivity index (χ3n) is 2.67. The maximum absolute atomic E-state index is 5.49. The van der Waals surface area contributed by atoms with Crippen LogP contribution in [0, 0.1) is 0 Å². The molecular weight excluding hydrogens is 228 g/mol. The van der Waals surface area contributed by atoms with Gasteiger partial charge < -0.3 is 14.8 Å². The topological polar surface area (TPSA) is 43.4 Å². The molecule has 1 aromatic rings. The highest BCUT2D eigenvalue weighted by atomic mass is 16.7. The van der Waals surface area contributed by atoms with Crippen LogP contribution in [0.25, 0.3) is 0 Å². The first-order valence-corrected chi connectivity index (χ1v) is 6.65. The van der Waals surface area contributed by atoms with Crippen LogP contribution in [-0.2, 0) is 9.47 Å². The lowest BCUT2D eigenvalue weighted by atomic mass is 10.2. The van der Waals surface area contributed by atoms with Crippen molar-refractivity contribution in [1.29, 1.82) is 0 Å². The quantitative estimate of drug-likeness (QED) is 0.686. The second kappa shape index (κ2) is 9.03. The van der Waals surface area contributed by atoms with E-state index >= 15 is 0 Å². The zero-order valence-electron chi connectivity index (χ0n) is 11.6. The molecule has 0 radical (unpaired) electrons. The maximum Gasteiger partial charge on any atom is 0.158 e. The smallest absolute Gasteiger partial charge is 0.158 e. The van der Waals surface area contributed by atoms with Crippen molar-refractivity contribution in [2.45, 2.75) is 39.5 Å². The normalized spacial score (nSPS) is 12.9. The van der Waals surface area contributed by atoms with Crippen LogP contribution in [0.1, 0.15) is 38.9 Å². The van der Waals surface area contributed by atoms with Gasteiger partial charge in [0.2, 0.25) is 0 Å².